The number of aromatic nitrogens is 2. The maximum Gasteiger partial charge on any atom is 0.236 e. The molecule has 1 saturated heterocycles. The van der Waals surface area contributed by atoms with Gasteiger partial charge in [0.15, 0.2) is 11.5 Å². The van der Waals surface area contributed by atoms with Crippen LogP contribution in [0.15, 0.2) is 22.7 Å². The fourth-order valence-corrected chi connectivity index (χ4v) is 4.14. The highest BCUT2D eigenvalue weighted by molar-refractivity contribution is 7.99. The van der Waals surface area contributed by atoms with Crippen LogP contribution in [-0.2, 0) is 10.5 Å². The minimum atomic E-state index is 0.0394. The van der Waals surface area contributed by atoms with Gasteiger partial charge in [0, 0.05) is 18.2 Å². The number of ether oxygens (including phenoxy) is 2. The van der Waals surface area contributed by atoms with Crippen LogP contribution in [0, 0.1) is 0 Å². The van der Waals surface area contributed by atoms with E-state index in [2.05, 4.69) is 27.3 Å². The van der Waals surface area contributed by atoms with Crippen molar-refractivity contribution in [2.24, 2.45) is 0 Å². The molecule has 1 N–H and O–H groups in total. The first-order valence-corrected chi connectivity index (χ1v) is 10.9. The lowest BCUT2D eigenvalue weighted by atomic mass is 10.2. The summed E-state index contributed by atoms with van der Waals surface area (Å²) in [5.41, 5.74) is 0.775. The second kappa shape index (κ2) is 10.5. The number of benzene rings is 1. The lowest BCUT2D eigenvalue weighted by Gasteiger charge is -2.22. The first-order chi connectivity index (χ1) is 14.1. The summed E-state index contributed by atoms with van der Waals surface area (Å²) in [5, 5.41) is 7.06. The van der Waals surface area contributed by atoms with Crippen LogP contribution in [0.5, 0.6) is 11.5 Å². The standard InChI is InChI=1S/C20H28N4O4S/c1-4-24-9-5-6-15(24)11-21-18(25)12-29-13-19-22-20(23-28-19)14-7-8-16(26-2)17(10-14)27-3/h7-8,10,15H,4-6,9,11-13H2,1-3H3,(H,21,25). The molecule has 3 rings (SSSR count). The number of rotatable bonds is 10. The summed E-state index contributed by atoms with van der Waals surface area (Å²) in [6.45, 7) is 5.05. The molecular formula is C20H28N4O4S. The fourth-order valence-electron chi connectivity index (χ4n) is 3.46. The molecule has 0 aliphatic carbocycles. The predicted molar refractivity (Wildman–Crippen MR) is 112 cm³/mol. The van der Waals surface area contributed by atoms with Gasteiger partial charge in [-0.3, -0.25) is 9.69 Å². The summed E-state index contributed by atoms with van der Waals surface area (Å²) in [5.74, 6) is 3.10. The summed E-state index contributed by atoms with van der Waals surface area (Å²) in [4.78, 5) is 18.9. The zero-order chi connectivity index (χ0) is 20.6. The van der Waals surface area contributed by atoms with Crippen molar-refractivity contribution in [3.8, 4) is 22.9 Å². The number of nitrogens with zero attached hydrogens (tertiary/aromatic N) is 3. The molecule has 0 radical (unpaired) electrons. The highest BCUT2D eigenvalue weighted by Crippen LogP contribution is 2.31. The molecular weight excluding hydrogens is 392 g/mol. The van der Waals surface area contributed by atoms with Crippen molar-refractivity contribution in [3.05, 3.63) is 24.1 Å². The van der Waals surface area contributed by atoms with Crippen molar-refractivity contribution in [2.45, 2.75) is 31.6 Å². The van der Waals surface area contributed by atoms with Gasteiger partial charge in [-0.2, -0.15) is 4.98 Å². The Labute approximate surface area is 175 Å². The Bertz CT molecular complexity index is 814. The Kier molecular flexibility index (Phi) is 7.76. The second-order valence-corrected chi connectivity index (χ2v) is 7.79. The SMILES string of the molecule is CCN1CCCC1CNC(=O)CSCc1nc(-c2ccc(OC)c(OC)c2)no1. The number of carbonyl (C=O) groups excluding carboxylic acids is 1. The van der Waals surface area contributed by atoms with Crippen LogP contribution in [0.1, 0.15) is 25.7 Å². The zero-order valence-corrected chi connectivity index (χ0v) is 18.0. The molecule has 9 heteroatoms. The van der Waals surface area contributed by atoms with E-state index >= 15 is 0 Å². The van der Waals surface area contributed by atoms with E-state index in [1.54, 1.807) is 26.4 Å². The van der Waals surface area contributed by atoms with Crippen LogP contribution in [0.2, 0.25) is 0 Å². The Morgan fingerprint density at radius 2 is 2.17 bits per heavy atom. The number of thioether (sulfide) groups is 1. The lowest BCUT2D eigenvalue weighted by molar-refractivity contribution is -0.118. The van der Waals surface area contributed by atoms with E-state index in [-0.39, 0.29) is 5.91 Å². The summed E-state index contributed by atoms with van der Waals surface area (Å²) in [6, 6.07) is 5.91. The maximum absolute atomic E-state index is 12.1. The molecule has 1 atom stereocenters. The van der Waals surface area contributed by atoms with Crippen molar-refractivity contribution < 1.29 is 18.8 Å². The van der Waals surface area contributed by atoms with Crippen LogP contribution in [-0.4, -0.2) is 66.6 Å². The quantitative estimate of drug-likeness (QED) is 0.627. The van der Waals surface area contributed by atoms with Gasteiger partial charge in [-0.05, 0) is 44.1 Å². The third-order valence-corrected chi connectivity index (χ3v) is 5.93. The monoisotopic (exact) mass is 420 g/mol. The molecule has 1 aromatic carbocycles. The van der Waals surface area contributed by atoms with E-state index in [1.165, 1.54) is 18.2 Å². The maximum atomic E-state index is 12.1. The van der Waals surface area contributed by atoms with Gasteiger partial charge in [0.2, 0.25) is 17.6 Å². The normalized spacial score (nSPS) is 16.7. The molecule has 1 aliphatic heterocycles. The van der Waals surface area contributed by atoms with Gasteiger partial charge in [0.05, 0.1) is 25.7 Å². The van der Waals surface area contributed by atoms with Crippen molar-refractivity contribution >= 4 is 17.7 Å². The van der Waals surface area contributed by atoms with Crippen LogP contribution in [0.25, 0.3) is 11.4 Å². The van der Waals surface area contributed by atoms with E-state index in [0.29, 0.717) is 40.8 Å². The summed E-state index contributed by atoms with van der Waals surface area (Å²) >= 11 is 1.46. The molecule has 8 nitrogen and oxygen atoms in total. The highest BCUT2D eigenvalue weighted by Gasteiger charge is 2.23. The van der Waals surface area contributed by atoms with Gasteiger partial charge >= 0.3 is 0 Å². The largest absolute Gasteiger partial charge is 0.493 e. The van der Waals surface area contributed by atoms with Gasteiger partial charge in [-0.1, -0.05) is 12.1 Å². The van der Waals surface area contributed by atoms with Crippen molar-refractivity contribution in [1.29, 1.82) is 0 Å². The lowest BCUT2D eigenvalue weighted by Crippen LogP contribution is -2.40. The van der Waals surface area contributed by atoms with E-state index in [9.17, 15) is 4.79 Å². The van der Waals surface area contributed by atoms with Crippen LogP contribution in [0.4, 0.5) is 0 Å². The molecule has 29 heavy (non-hydrogen) atoms. The Morgan fingerprint density at radius 1 is 1.34 bits per heavy atom. The molecule has 2 aromatic rings. The smallest absolute Gasteiger partial charge is 0.236 e. The second-order valence-electron chi connectivity index (χ2n) is 6.80. The number of hydrogen-bond acceptors (Lipinski definition) is 8. The average molecular weight is 421 g/mol. The van der Waals surface area contributed by atoms with E-state index < -0.39 is 0 Å². The number of nitrogens with one attached hydrogen (secondary N) is 1. The van der Waals surface area contributed by atoms with Crippen LogP contribution >= 0.6 is 11.8 Å². The first kappa shape index (κ1) is 21.4. The number of amides is 1. The van der Waals surface area contributed by atoms with Gasteiger partial charge in [-0.15, -0.1) is 11.8 Å². The third-order valence-electron chi connectivity index (χ3n) is 5.01. The molecule has 2 heterocycles. The Hall–Kier alpha value is -2.26. The molecule has 1 unspecified atom stereocenters. The summed E-state index contributed by atoms with van der Waals surface area (Å²) < 4.78 is 15.9. The number of carbonyl (C=O) groups is 1. The third kappa shape index (κ3) is 5.63. The Morgan fingerprint density at radius 3 is 2.93 bits per heavy atom. The molecule has 0 saturated carbocycles. The number of hydrogen-bond donors (Lipinski definition) is 1. The predicted octanol–water partition coefficient (Wildman–Crippen LogP) is 2.59. The first-order valence-electron chi connectivity index (χ1n) is 9.78. The van der Waals surface area contributed by atoms with Crippen LogP contribution in [0.3, 0.4) is 0 Å². The number of likely N-dealkylation sites (tertiary alicyclic amines) is 1. The van der Waals surface area contributed by atoms with Crippen molar-refractivity contribution in [2.75, 3.05) is 39.6 Å². The molecule has 1 amide bonds. The number of methoxy groups -OCH3 is 2. The fraction of sp³-hybridized carbons (Fsp3) is 0.550. The van der Waals surface area contributed by atoms with Gasteiger partial charge < -0.3 is 19.3 Å². The van der Waals surface area contributed by atoms with E-state index in [0.717, 1.165) is 31.6 Å². The molecule has 0 bridgehead atoms. The van der Waals surface area contributed by atoms with Gasteiger partial charge in [0.25, 0.3) is 0 Å². The zero-order valence-electron chi connectivity index (χ0n) is 17.1. The van der Waals surface area contributed by atoms with Crippen molar-refractivity contribution in [1.82, 2.24) is 20.4 Å². The molecule has 1 aliphatic rings. The van der Waals surface area contributed by atoms with E-state index in [4.69, 9.17) is 14.0 Å². The van der Waals surface area contributed by atoms with Crippen molar-refractivity contribution in [3.63, 3.8) is 0 Å². The minimum absolute atomic E-state index is 0.0394. The minimum Gasteiger partial charge on any atom is -0.493 e. The van der Waals surface area contributed by atoms with Crippen LogP contribution < -0.4 is 14.8 Å². The Balaban J connectivity index is 1.45. The number of likely N-dealkylation sites (N-methyl/N-ethyl adjacent to an activating group) is 1. The summed E-state index contributed by atoms with van der Waals surface area (Å²) in [6.07, 6.45) is 2.37. The van der Waals surface area contributed by atoms with Gasteiger partial charge in [0.1, 0.15) is 0 Å². The van der Waals surface area contributed by atoms with Gasteiger partial charge in [-0.25, -0.2) is 0 Å². The highest BCUT2D eigenvalue weighted by atomic mass is 32.2. The van der Waals surface area contributed by atoms with E-state index in [1.807, 2.05) is 6.07 Å². The average Bonchev–Trinajstić information content (AvgIpc) is 3.41. The molecule has 0 spiro atoms. The summed E-state index contributed by atoms with van der Waals surface area (Å²) in [7, 11) is 3.17. The molecule has 1 fully saturated rings. The molecule has 1 aromatic heterocycles. The topological polar surface area (TPSA) is 89.7 Å². The molecule has 158 valence electrons.